The number of halogens is 1. The second-order valence-electron chi connectivity index (χ2n) is 7.57. The molecule has 0 aliphatic carbocycles. The van der Waals surface area contributed by atoms with Gasteiger partial charge in [0, 0.05) is 39.3 Å². The molecule has 1 amide bonds. The lowest BCUT2D eigenvalue weighted by Gasteiger charge is -2.27. The lowest BCUT2D eigenvalue weighted by atomic mass is 10.1. The zero-order valence-corrected chi connectivity index (χ0v) is 20.1. The van der Waals surface area contributed by atoms with Crippen LogP contribution in [0.25, 0.3) is 0 Å². The predicted octanol–water partition coefficient (Wildman–Crippen LogP) is 3.13. The highest BCUT2D eigenvalue weighted by Gasteiger charge is 2.24. The molecule has 0 radical (unpaired) electrons. The molecule has 1 saturated heterocycles. The number of hydrogen-bond donors (Lipinski definition) is 1. The van der Waals surface area contributed by atoms with E-state index in [9.17, 15) is 13.2 Å². The summed E-state index contributed by atoms with van der Waals surface area (Å²) in [5.74, 6) is -0.409. The van der Waals surface area contributed by atoms with Crippen molar-refractivity contribution in [3.8, 4) is 0 Å². The van der Waals surface area contributed by atoms with E-state index in [1.165, 1.54) is 22.5 Å². The van der Waals surface area contributed by atoms with E-state index in [1.54, 1.807) is 13.8 Å². The van der Waals surface area contributed by atoms with Crippen LogP contribution in [0.15, 0.2) is 47.4 Å². The van der Waals surface area contributed by atoms with Gasteiger partial charge >= 0.3 is 0 Å². The topological polar surface area (TPSA) is 79.0 Å². The minimum atomic E-state index is -3.69. The van der Waals surface area contributed by atoms with Crippen LogP contribution in [0.1, 0.15) is 35.3 Å². The number of morpholine rings is 1. The van der Waals surface area contributed by atoms with E-state index in [1.807, 2.05) is 18.2 Å². The first-order valence-corrected chi connectivity index (χ1v) is 12.6. The van der Waals surface area contributed by atoms with E-state index >= 15 is 0 Å². The molecule has 0 atom stereocenters. The highest BCUT2D eigenvalue weighted by molar-refractivity contribution is 7.89. The molecule has 1 fully saturated rings. The molecule has 174 valence electrons. The van der Waals surface area contributed by atoms with Gasteiger partial charge in [0.15, 0.2) is 0 Å². The van der Waals surface area contributed by atoms with Crippen LogP contribution in [-0.4, -0.2) is 62.9 Å². The van der Waals surface area contributed by atoms with Crippen LogP contribution in [-0.2, 0) is 27.8 Å². The number of carbonyl (C=O) groups is 1. The molecule has 1 aliphatic rings. The molecule has 0 saturated carbocycles. The maximum absolute atomic E-state index is 12.9. The zero-order chi connectivity index (χ0) is 23.1. The van der Waals surface area contributed by atoms with Crippen LogP contribution in [0, 0.1) is 0 Å². The molecule has 32 heavy (non-hydrogen) atoms. The monoisotopic (exact) mass is 479 g/mol. The lowest BCUT2D eigenvalue weighted by molar-refractivity contribution is 0.0340. The van der Waals surface area contributed by atoms with Gasteiger partial charge in [-0.1, -0.05) is 49.7 Å². The third-order valence-corrected chi connectivity index (χ3v) is 7.96. The van der Waals surface area contributed by atoms with Gasteiger partial charge in [-0.25, -0.2) is 8.42 Å². The third kappa shape index (κ3) is 5.88. The molecule has 1 N–H and O–H groups in total. The number of sulfonamides is 1. The van der Waals surface area contributed by atoms with E-state index < -0.39 is 15.9 Å². The van der Waals surface area contributed by atoms with Gasteiger partial charge in [0.1, 0.15) is 0 Å². The second kappa shape index (κ2) is 11.2. The quantitative estimate of drug-likeness (QED) is 0.597. The molecule has 7 nitrogen and oxygen atoms in total. The van der Waals surface area contributed by atoms with Gasteiger partial charge in [-0.3, -0.25) is 9.69 Å². The summed E-state index contributed by atoms with van der Waals surface area (Å²) in [4.78, 5) is 15.3. The number of hydrogen-bond acceptors (Lipinski definition) is 5. The maximum Gasteiger partial charge on any atom is 0.253 e. The van der Waals surface area contributed by atoms with Crippen molar-refractivity contribution < 1.29 is 17.9 Å². The fourth-order valence-corrected chi connectivity index (χ4v) is 5.39. The Hall–Kier alpha value is -1.97. The second-order valence-corrected chi connectivity index (χ2v) is 9.92. The largest absolute Gasteiger partial charge is 0.379 e. The number of ether oxygens (including phenoxy) is 1. The highest BCUT2D eigenvalue weighted by Crippen LogP contribution is 2.23. The van der Waals surface area contributed by atoms with Crippen LogP contribution < -0.4 is 5.32 Å². The van der Waals surface area contributed by atoms with Crippen LogP contribution in [0.4, 0.5) is 0 Å². The molecule has 0 spiro atoms. The van der Waals surface area contributed by atoms with Gasteiger partial charge in [-0.2, -0.15) is 4.31 Å². The summed E-state index contributed by atoms with van der Waals surface area (Å²) in [5, 5.41) is 3.11. The summed E-state index contributed by atoms with van der Waals surface area (Å²) in [7, 11) is -3.69. The molecule has 1 aliphatic heterocycles. The van der Waals surface area contributed by atoms with Crippen LogP contribution in [0.2, 0.25) is 5.02 Å². The van der Waals surface area contributed by atoms with Gasteiger partial charge in [-0.05, 0) is 29.3 Å². The number of benzene rings is 2. The van der Waals surface area contributed by atoms with Crippen molar-refractivity contribution in [3.63, 3.8) is 0 Å². The molecule has 1 heterocycles. The third-order valence-electron chi connectivity index (χ3n) is 5.58. The zero-order valence-electron chi connectivity index (χ0n) is 18.5. The minimum absolute atomic E-state index is 0.0588. The summed E-state index contributed by atoms with van der Waals surface area (Å²) in [5.41, 5.74) is 2.29. The molecule has 0 aromatic heterocycles. The van der Waals surface area contributed by atoms with Gasteiger partial charge in [0.05, 0.1) is 28.7 Å². The SMILES string of the molecule is CCN(CC)S(=O)(=O)c1ccc(Cl)c(C(=O)NCc2ccccc2CN2CCOCC2)c1. The fraction of sp³-hybridized carbons (Fsp3) is 0.435. The number of amides is 1. The van der Waals surface area contributed by atoms with Crippen molar-refractivity contribution in [2.45, 2.75) is 31.8 Å². The Morgan fingerprint density at radius 3 is 2.41 bits per heavy atom. The molecule has 2 aromatic carbocycles. The Balaban J connectivity index is 1.74. The van der Waals surface area contributed by atoms with Crippen molar-refractivity contribution >= 4 is 27.5 Å². The van der Waals surface area contributed by atoms with E-state index in [-0.39, 0.29) is 15.5 Å². The predicted molar refractivity (Wildman–Crippen MR) is 125 cm³/mol. The first-order valence-electron chi connectivity index (χ1n) is 10.8. The first-order chi connectivity index (χ1) is 15.4. The molecule has 0 unspecified atom stereocenters. The normalized spacial score (nSPS) is 15.1. The molecular formula is C23H30ClN3O4S. The van der Waals surface area contributed by atoms with Crippen molar-refractivity contribution in [3.05, 3.63) is 64.2 Å². The van der Waals surface area contributed by atoms with E-state index in [4.69, 9.17) is 16.3 Å². The molecule has 2 aromatic rings. The van der Waals surface area contributed by atoms with Crippen molar-refractivity contribution in [1.82, 2.24) is 14.5 Å². The summed E-state index contributed by atoms with van der Waals surface area (Å²) in [6.45, 7) is 8.57. The average molecular weight is 480 g/mol. The Morgan fingerprint density at radius 1 is 1.09 bits per heavy atom. The Morgan fingerprint density at radius 2 is 1.75 bits per heavy atom. The summed E-state index contributed by atoms with van der Waals surface area (Å²) in [6, 6.07) is 12.2. The average Bonchev–Trinajstić information content (AvgIpc) is 2.80. The first kappa shape index (κ1) is 24.7. The van der Waals surface area contributed by atoms with Crippen LogP contribution in [0.3, 0.4) is 0 Å². The fourth-order valence-electron chi connectivity index (χ4n) is 3.71. The van der Waals surface area contributed by atoms with Crippen molar-refractivity contribution in [2.24, 2.45) is 0 Å². The summed E-state index contributed by atoms with van der Waals surface area (Å²) >= 11 is 6.24. The van der Waals surface area contributed by atoms with Crippen LogP contribution in [0.5, 0.6) is 0 Å². The number of carbonyl (C=O) groups excluding carboxylic acids is 1. The Bertz CT molecular complexity index is 1040. The van der Waals surface area contributed by atoms with Gasteiger partial charge in [0.2, 0.25) is 10.0 Å². The van der Waals surface area contributed by atoms with E-state index in [0.29, 0.717) is 19.6 Å². The number of rotatable bonds is 9. The van der Waals surface area contributed by atoms with E-state index in [0.717, 1.165) is 44.0 Å². The smallest absolute Gasteiger partial charge is 0.253 e. The van der Waals surface area contributed by atoms with Gasteiger partial charge in [0.25, 0.3) is 5.91 Å². The van der Waals surface area contributed by atoms with Gasteiger partial charge < -0.3 is 10.1 Å². The highest BCUT2D eigenvalue weighted by atomic mass is 35.5. The molecule has 9 heteroatoms. The van der Waals surface area contributed by atoms with E-state index in [2.05, 4.69) is 16.3 Å². The molecule has 0 bridgehead atoms. The molecule has 3 rings (SSSR count). The molecular weight excluding hydrogens is 450 g/mol. The maximum atomic E-state index is 12.9. The van der Waals surface area contributed by atoms with Gasteiger partial charge in [-0.15, -0.1) is 0 Å². The van der Waals surface area contributed by atoms with Crippen molar-refractivity contribution in [2.75, 3.05) is 39.4 Å². The lowest BCUT2D eigenvalue weighted by Crippen LogP contribution is -2.36. The van der Waals surface area contributed by atoms with Crippen LogP contribution >= 0.6 is 11.6 Å². The summed E-state index contributed by atoms with van der Waals surface area (Å²) < 4.78 is 32.4. The number of nitrogens with one attached hydrogen (secondary N) is 1. The van der Waals surface area contributed by atoms with Crippen molar-refractivity contribution in [1.29, 1.82) is 0 Å². The standard InChI is InChI=1S/C23H30ClN3O4S/c1-3-27(4-2)32(29,30)20-9-10-22(24)21(15-20)23(28)25-16-18-7-5-6-8-19(18)17-26-11-13-31-14-12-26/h5-10,15H,3-4,11-14,16-17H2,1-2H3,(H,25,28). The Kier molecular flexibility index (Phi) is 8.67. The minimum Gasteiger partial charge on any atom is -0.379 e. The summed E-state index contributed by atoms with van der Waals surface area (Å²) in [6.07, 6.45) is 0. The number of nitrogens with zero attached hydrogens (tertiary/aromatic N) is 2. The Labute approximate surface area is 195 Å².